The predicted octanol–water partition coefficient (Wildman–Crippen LogP) is 6.61. The lowest BCUT2D eigenvalue weighted by Crippen LogP contribution is -2.32. The maximum Gasteiger partial charge on any atom is 0.226 e. The van der Waals surface area contributed by atoms with Gasteiger partial charge in [-0.1, -0.05) is 29.8 Å². The first-order valence-electron chi connectivity index (χ1n) is 12.1. The smallest absolute Gasteiger partial charge is 0.226 e. The quantitative estimate of drug-likeness (QED) is 0.262. The number of thiocarbonyl (C=S) groups is 1. The first-order chi connectivity index (χ1) is 17.9. The van der Waals surface area contributed by atoms with Gasteiger partial charge < -0.3 is 20.0 Å². The van der Waals surface area contributed by atoms with Crippen molar-refractivity contribution >= 4 is 40.5 Å². The van der Waals surface area contributed by atoms with Gasteiger partial charge in [0.05, 0.1) is 11.7 Å². The number of benzene rings is 2. The van der Waals surface area contributed by atoms with E-state index in [2.05, 4.69) is 15.6 Å². The van der Waals surface area contributed by atoms with Crippen LogP contribution in [-0.2, 0) is 4.79 Å². The van der Waals surface area contributed by atoms with E-state index >= 15 is 0 Å². The molecule has 3 heterocycles. The number of aryl methyl sites for hydroxylation is 2. The van der Waals surface area contributed by atoms with Gasteiger partial charge in [0.25, 0.3) is 0 Å². The average molecular weight is 531 g/mol. The van der Waals surface area contributed by atoms with E-state index in [0.717, 1.165) is 39.6 Å². The van der Waals surface area contributed by atoms with Crippen LogP contribution in [-0.4, -0.2) is 27.4 Å². The summed E-state index contributed by atoms with van der Waals surface area (Å²) in [7, 11) is 0. The molecule has 2 atom stereocenters. The molecular weight excluding hydrogens is 504 g/mol. The van der Waals surface area contributed by atoms with Crippen molar-refractivity contribution < 1.29 is 9.21 Å². The number of amides is 1. The highest BCUT2D eigenvalue weighted by atomic mass is 35.5. The lowest BCUT2D eigenvalue weighted by molar-refractivity contribution is -0.116. The Morgan fingerprint density at radius 3 is 2.68 bits per heavy atom. The van der Waals surface area contributed by atoms with E-state index in [0.29, 0.717) is 16.7 Å². The summed E-state index contributed by atoms with van der Waals surface area (Å²) in [5.41, 5.74) is 4.72. The van der Waals surface area contributed by atoms with Gasteiger partial charge in [-0.05, 0) is 91.8 Å². The summed E-state index contributed by atoms with van der Waals surface area (Å²) in [6.45, 7) is 4.41. The Bertz CT molecular complexity index is 1420. The number of carbonyl (C=O) groups is 1. The summed E-state index contributed by atoms with van der Waals surface area (Å²) in [5, 5.41) is 7.67. The third-order valence-electron chi connectivity index (χ3n) is 6.49. The summed E-state index contributed by atoms with van der Waals surface area (Å²) in [4.78, 5) is 19.5. The Kier molecular flexibility index (Phi) is 7.26. The molecule has 2 N–H and O–H groups in total. The fourth-order valence-electron chi connectivity index (χ4n) is 4.54. The summed E-state index contributed by atoms with van der Waals surface area (Å²) < 4.78 is 6.34. The molecule has 6 nitrogen and oxygen atoms in total. The lowest BCUT2D eigenvalue weighted by atomic mass is 10.0. The van der Waals surface area contributed by atoms with Gasteiger partial charge in [-0.2, -0.15) is 0 Å². The summed E-state index contributed by atoms with van der Waals surface area (Å²) in [6, 6.07) is 22.8. The van der Waals surface area contributed by atoms with E-state index in [-0.39, 0.29) is 24.4 Å². The molecule has 8 heteroatoms. The van der Waals surface area contributed by atoms with Crippen molar-refractivity contribution in [1.29, 1.82) is 0 Å². The van der Waals surface area contributed by atoms with Crippen LogP contribution in [0.1, 0.15) is 41.1 Å². The van der Waals surface area contributed by atoms with Crippen LogP contribution in [0, 0.1) is 13.8 Å². The van der Waals surface area contributed by atoms with Crippen molar-refractivity contribution in [2.45, 2.75) is 32.4 Å². The van der Waals surface area contributed by atoms with Crippen molar-refractivity contribution in [3.05, 3.63) is 107 Å². The number of furan rings is 1. The average Bonchev–Trinajstić information content (AvgIpc) is 3.50. The summed E-state index contributed by atoms with van der Waals surface area (Å²) >= 11 is 11.8. The molecule has 0 unspecified atom stereocenters. The van der Waals surface area contributed by atoms with Gasteiger partial charge in [0.2, 0.25) is 5.91 Å². The monoisotopic (exact) mass is 530 g/mol. The van der Waals surface area contributed by atoms with Crippen molar-refractivity contribution in [2.24, 2.45) is 0 Å². The first-order valence-corrected chi connectivity index (χ1v) is 12.9. The number of aromatic nitrogens is 1. The van der Waals surface area contributed by atoms with Crippen LogP contribution in [0.25, 0.3) is 11.3 Å². The Balaban J connectivity index is 1.39. The SMILES string of the molecule is Cc1ccc(C)c(NC(=O)CCN2C(=S)N[C@@H](c3ccccn3)[C@@H]2c2ccc(-c3ccc(Cl)cc3)o2)c1. The minimum atomic E-state index is -0.267. The molecule has 0 radical (unpaired) electrons. The predicted molar refractivity (Wildman–Crippen MR) is 150 cm³/mol. The Morgan fingerprint density at radius 1 is 1.11 bits per heavy atom. The highest BCUT2D eigenvalue weighted by Crippen LogP contribution is 2.40. The maximum absolute atomic E-state index is 12.9. The Morgan fingerprint density at radius 2 is 1.92 bits per heavy atom. The molecule has 0 saturated carbocycles. The zero-order valence-electron chi connectivity index (χ0n) is 20.6. The maximum atomic E-state index is 12.9. The molecule has 0 spiro atoms. The molecule has 1 fully saturated rings. The molecule has 0 bridgehead atoms. The molecule has 188 valence electrons. The van der Waals surface area contributed by atoms with E-state index in [1.54, 1.807) is 6.20 Å². The van der Waals surface area contributed by atoms with Gasteiger partial charge in [0, 0.05) is 35.4 Å². The fourth-order valence-corrected chi connectivity index (χ4v) is 5.00. The number of hydrogen-bond acceptors (Lipinski definition) is 4. The van der Waals surface area contributed by atoms with Crippen LogP contribution in [0.5, 0.6) is 0 Å². The molecule has 4 aromatic rings. The fraction of sp³-hybridized carbons (Fsp3) is 0.207. The van der Waals surface area contributed by atoms with Crippen LogP contribution in [0.2, 0.25) is 5.02 Å². The largest absolute Gasteiger partial charge is 0.459 e. The molecule has 2 aromatic carbocycles. The Labute approximate surface area is 226 Å². The highest BCUT2D eigenvalue weighted by molar-refractivity contribution is 7.80. The van der Waals surface area contributed by atoms with Crippen LogP contribution >= 0.6 is 23.8 Å². The number of anilines is 1. The number of halogens is 1. The van der Waals surface area contributed by atoms with Gasteiger partial charge in [0.15, 0.2) is 5.11 Å². The molecule has 1 aliphatic heterocycles. The second kappa shape index (κ2) is 10.7. The van der Waals surface area contributed by atoms with Crippen LogP contribution in [0.4, 0.5) is 5.69 Å². The summed E-state index contributed by atoms with van der Waals surface area (Å²) in [6.07, 6.45) is 2.03. The minimum Gasteiger partial charge on any atom is -0.459 e. The van der Waals surface area contributed by atoms with Gasteiger partial charge in [-0.15, -0.1) is 0 Å². The highest BCUT2D eigenvalue weighted by Gasteiger charge is 2.41. The zero-order valence-corrected chi connectivity index (χ0v) is 22.1. The number of nitrogens with one attached hydrogen (secondary N) is 2. The topological polar surface area (TPSA) is 70.4 Å². The molecule has 2 aromatic heterocycles. The summed E-state index contributed by atoms with van der Waals surface area (Å²) in [5.74, 6) is 1.40. The second-order valence-corrected chi connectivity index (χ2v) is 9.97. The second-order valence-electron chi connectivity index (χ2n) is 9.15. The number of nitrogens with zero attached hydrogens (tertiary/aromatic N) is 2. The van der Waals surface area contributed by atoms with E-state index in [1.165, 1.54) is 0 Å². The van der Waals surface area contributed by atoms with Crippen LogP contribution in [0.15, 0.2) is 83.4 Å². The zero-order chi connectivity index (χ0) is 25.9. The van der Waals surface area contributed by atoms with E-state index in [9.17, 15) is 4.79 Å². The van der Waals surface area contributed by atoms with Crippen molar-refractivity contribution in [3.63, 3.8) is 0 Å². The van der Waals surface area contributed by atoms with Gasteiger partial charge in [-0.3, -0.25) is 9.78 Å². The van der Waals surface area contributed by atoms with Crippen molar-refractivity contribution in [3.8, 4) is 11.3 Å². The van der Waals surface area contributed by atoms with Gasteiger partial charge in [0.1, 0.15) is 17.6 Å². The van der Waals surface area contributed by atoms with Crippen molar-refractivity contribution in [2.75, 3.05) is 11.9 Å². The van der Waals surface area contributed by atoms with Gasteiger partial charge in [-0.25, -0.2) is 0 Å². The minimum absolute atomic E-state index is 0.0714. The molecule has 1 amide bonds. The van der Waals surface area contributed by atoms with Crippen LogP contribution in [0.3, 0.4) is 0 Å². The number of hydrogen-bond donors (Lipinski definition) is 2. The molecule has 0 aliphatic carbocycles. The molecular formula is C29H27ClN4O2S. The Hall–Kier alpha value is -3.68. The number of carbonyl (C=O) groups excluding carboxylic acids is 1. The van der Waals surface area contributed by atoms with Gasteiger partial charge >= 0.3 is 0 Å². The van der Waals surface area contributed by atoms with Crippen molar-refractivity contribution in [1.82, 2.24) is 15.2 Å². The van der Waals surface area contributed by atoms with E-state index in [1.807, 2.05) is 91.5 Å². The molecule has 5 rings (SSSR count). The number of rotatable bonds is 7. The molecule has 37 heavy (non-hydrogen) atoms. The normalized spacial score (nSPS) is 17.1. The third-order valence-corrected chi connectivity index (χ3v) is 7.10. The lowest BCUT2D eigenvalue weighted by Gasteiger charge is -2.26. The van der Waals surface area contributed by atoms with E-state index in [4.69, 9.17) is 28.2 Å². The first kappa shape index (κ1) is 25.0. The van der Waals surface area contributed by atoms with E-state index < -0.39 is 0 Å². The standard InChI is InChI=1S/C29H27ClN4O2S/c1-18-6-7-19(2)23(17-18)32-26(35)14-16-34-28(27(33-29(34)37)22-5-3-4-15-31-22)25-13-12-24(36-25)20-8-10-21(30)11-9-20/h3-13,15,17,27-28H,14,16H2,1-2H3,(H,32,35)(H,33,37)/t27-,28-/m0/s1. The number of pyridine rings is 1. The third kappa shape index (κ3) is 5.53. The van der Waals surface area contributed by atoms with Crippen LogP contribution < -0.4 is 10.6 Å². The molecule has 1 aliphatic rings. The molecule has 1 saturated heterocycles.